The molecule has 6 aromatic carbocycles. The molecule has 0 spiro atoms. The molecular formula is C42H36N2. The van der Waals surface area contributed by atoms with Crippen LogP contribution in [0.15, 0.2) is 146 Å². The molecule has 0 amide bonds. The Labute approximate surface area is 261 Å². The van der Waals surface area contributed by atoms with Gasteiger partial charge in [0.05, 0.1) is 0 Å². The number of benzene rings is 6. The van der Waals surface area contributed by atoms with E-state index in [1.54, 1.807) is 0 Å². The van der Waals surface area contributed by atoms with Crippen LogP contribution in [0.4, 0.5) is 34.1 Å². The zero-order chi connectivity index (χ0) is 30.5. The van der Waals surface area contributed by atoms with Crippen LogP contribution >= 0.6 is 0 Å². The van der Waals surface area contributed by atoms with E-state index in [2.05, 4.69) is 195 Å². The van der Waals surface area contributed by atoms with Gasteiger partial charge in [-0.05, 0) is 125 Å². The Balaban J connectivity index is 1.25. The zero-order valence-electron chi connectivity index (χ0n) is 25.8. The van der Waals surface area contributed by atoms with Crippen molar-refractivity contribution in [1.29, 1.82) is 0 Å². The topological polar surface area (TPSA) is 6.48 Å². The van der Waals surface area contributed by atoms with Gasteiger partial charge in [-0.25, -0.2) is 0 Å². The summed E-state index contributed by atoms with van der Waals surface area (Å²) in [6.45, 7) is 8.46. The van der Waals surface area contributed by atoms with Gasteiger partial charge in [0.1, 0.15) is 0 Å². The number of rotatable bonds is 6. The van der Waals surface area contributed by atoms with Crippen molar-refractivity contribution in [3.05, 3.63) is 179 Å². The molecule has 0 aliphatic heterocycles. The summed E-state index contributed by atoms with van der Waals surface area (Å²) in [5.74, 6) is 6.73. The van der Waals surface area contributed by atoms with Crippen molar-refractivity contribution in [3.8, 4) is 11.8 Å². The van der Waals surface area contributed by atoms with Crippen LogP contribution in [-0.4, -0.2) is 0 Å². The molecule has 0 atom stereocenters. The first kappa shape index (κ1) is 28.6. The number of anilines is 6. The van der Waals surface area contributed by atoms with E-state index in [9.17, 15) is 0 Å². The first-order chi connectivity index (χ1) is 21.4. The van der Waals surface area contributed by atoms with Crippen molar-refractivity contribution in [2.24, 2.45) is 0 Å². The first-order valence-corrected chi connectivity index (χ1v) is 15.0. The molecule has 0 radical (unpaired) electrons. The highest BCUT2D eigenvalue weighted by atomic mass is 15.1. The molecule has 2 heteroatoms. The average molecular weight is 569 g/mol. The molecule has 6 rings (SSSR count). The van der Waals surface area contributed by atoms with Gasteiger partial charge in [0.2, 0.25) is 0 Å². The van der Waals surface area contributed by atoms with E-state index in [1.807, 2.05) is 0 Å². The van der Waals surface area contributed by atoms with Gasteiger partial charge in [-0.1, -0.05) is 82.6 Å². The second-order valence-corrected chi connectivity index (χ2v) is 11.4. The Morgan fingerprint density at radius 1 is 0.273 bits per heavy atom. The molecule has 0 saturated carbocycles. The summed E-state index contributed by atoms with van der Waals surface area (Å²) in [5, 5.41) is 0. The average Bonchev–Trinajstić information content (AvgIpc) is 3.05. The lowest BCUT2D eigenvalue weighted by Crippen LogP contribution is -2.09. The summed E-state index contributed by atoms with van der Waals surface area (Å²) in [6.07, 6.45) is 0. The van der Waals surface area contributed by atoms with Crippen LogP contribution < -0.4 is 9.80 Å². The van der Waals surface area contributed by atoms with Crippen LogP contribution in [0.5, 0.6) is 0 Å². The monoisotopic (exact) mass is 568 g/mol. The number of hydrogen-bond donors (Lipinski definition) is 0. The lowest BCUT2D eigenvalue weighted by atomic mass is 10.1. The Bertz CT molecular complexity index is 1650. The van der Waals surface area contributed by atoms with Crippen molar-refractivity contribution >= 4 is 34.1 Å². The summed E-state index contributed by atoms with van der Waals surface area (Å²) in [7, 11) is 0. The van der Waals surface area contributed by atoms with Crippen molar-refractivity contribution in [2.75, 3.05) is 9.80 Å². The Morgan fingerprint density at radius 2 is 0.455 bits per heavy atom. The Hall–Kier alpha value is -5.52. The molecule has 0 heterocycles. The predicted octanol–water partition coefficient (Wildman–Crippen LogP) is 11.3. The van der Waals surface area contributed by atoms with E-state index in [1.165, 1.54) is 22.3 Å². The molecule has 0 saturated heterocycles. The largest absolute Gasteiger partial charge is 0.311 e. The van der Waals surface area contributed by atoms with Crippen LogP contribution in [0.2, 0.25) is 0 Å². The minimum Gasteiger partial charge on any atom is -0.311 e. The molecule has 0 aliphatic rings. The lowest BCUT2D eigenvalue weighted by Gasteiger charge is -2.26. The molecule has 6 aromatic rings. The van der Waals surface area contributed by atoms with E-state index in [4.69, 9.17) is 0 Å². The fourth-order valence-electron chi connectivity index (χ4n) is 5.20. The third-order valence-corrected chi connectivity index (χ3v) is 7.77. The molecule has 0 bridgehead atoms. The van der Waals surface area contributed by atoms with Crippen LogP contribution in [0, 0.1) is 39.5 Å². The predicted molar refractivity (Wildman–Crippen MR) is 187 cm³/mol. The van der Waals surface area contributed by atoms with Gasteiger partial charge >= 0.3 is 0 Å². The fraction of sp³-hybridized carbons (Fsp3) is 0.0952. The van der Waals surface area contributed by atoms with Crippen LogP contribution in [0.3, 0.4) is 0 Å². The maximum Gasteiger partial charge on any atom is 0.0462 e. The summed E-state index contributed by atoms with van der Waals surface area (Å²) in [6, 6.07) is 51.6. The fourth-order valence-corrected chi connectivity index (χ4v) is 5.20. The molecule has 214 valence electrons. The maximum atomic E-state index is 3.36. The molecule has 0 aromatic heterocycles. The van der Waals surface area contributed by atoms with Gasteiger partial charge in [0.25, 0.3) is 0 Å². The normalized spacial score (nSPS) is 10.5. The van der Waals surface area contributed by atoms with Gasteiger partial charge in [-0.15, -0.1) is 0 Å². The van der Waals surface area contributed by atoms with Gasteiger partial charge in [-0.2, -0.15) is 0 Å². The van der Waals surface area contributed by atoms with Gasteiger partial charge in [-0.3, -0.25) is 0 Å². The van der Waals surface area contributed by atoms with E-state index < -0.39 is 0 Å². The second-order valence-electron chi connectivity index (χ2n) is 11.4. The lowest BCUT2D eigenvalue weighted by molar-refractivity contribution is 1.27. The highest BCUT2D eigenvalue weighted by Gasteiger charge is 2.13. The number of aryl methyl sites for hydroxylation is 4. The van der Waals surface area contributed by atoms with E-state index in [0.29, 0.717) is 0 Å². The maximum absolute atomic E-state index is 3.36. The standard InChI is InChI=1S/C42H36N2/c1-31-5-19-37(20-6-31)43(38-21-7-32(2)8-22-38)41-27-15-35(16-28-41)13-14-36-17-29-42(30-18-36)44(39-23-9-33(3)10-24-39)40-25-11-34(4)12-26-40/h5-12,15-30H,1-4H3. The smallest absolute Gasteiger partial charge is 0.0462 e. The molecule has 0 aliphatic carbocycles. The van der Waals surface area contributed by atoms with Crippen molar-refractivity contribution in [2.45, 2.75) is 27.7 Å². The van der Waals surface area contributed by atoms with Crippen LogP contribution in [0.25, 0.3) is 0 Å². The van der Waals surface area contributed by atoms with E-state index >= 15 is 0 Å². The molecule has 2 nitrogen and oxygen atoms in total. The number of nitrogens with zero attached hydrogens (tertiary/aromatic N) is 2. The van der Waals surface area contributed by atoms with Crippen LogP contribution in [0.1, 0.15) is 33.4 Å². The summed E-state index contributed by atoms with van der Waals surface area (Å²) in [5.41, 5.74) is 13.6. The zero-order valence-corrected chi connectivity index (χ0v) is 25.8. The summed E-state index contributed by atoms with van der Waals surface area (Å²) < 4.78 is 0. The summed E-state index contributed by atoms with van der Waals surface area (Å²) >= 11 is 0. The van der Waals surface area contributed by atoms with Crippen LogP contribution in [-0.2, 0) is 0 Å². The van der Waals surface area contributed by atoms with Crippen molar-refractivity contribution < 1.29 is 0 Å². The molecular weight excluding hydrogens is 532 g/mol. The highest BCUT2D eigenvalue weighted by molar-refractivity contribution is 5.78. The van der Waals surface area contributed by atoms with Crippen molar-refractivity contribution in [3.63, 3.8) is 0 Å². The SMILES string of the molecule is Cc1ccc(N(c2ccc(C)cc2)c2ccc(C#Cc3ccc(N(c4ccc(C)cc4)c4ccc(C)cc4)cc3)cc2)cc1. The minimum atomic E-state index is 0.978. The third-order valence-electron chi connectivity index (χ3n) is 7.77. The Morgan fingerprint density at radius 3 is 0.659 bits per heavy atom. The van der Waals surface area contributed by atoms with Gasteiger partial charge < -0.3 is 9.80 Å². The minimum absolute atomic E-state index is 0.978. The van der Waals surface area contributed by atoms with E-state index in [-0.39, 0.29) is 0 Å². The quantitative estimate of drug-likeness (QED) is 0.184. The molecule has 0 fully saturated rings. The van der Waals surface area contributed by atoms with Gasteiger partial charge in [0.15, 0.2) is 0 Å². The molecule has 0 N–H and O–H groups in total. The van der Waals surface area contributed by atoms with E-state index in [0.717, 1.165) is 45.3 Å². The summed E-state index contributed by atoms with van der Waals surface area (Å²) in [4.78, 5) is 4.56. The van der Waals surface area contributed by atoms with Crippen molar-refractivity contribution in [1.82, 2.24) is 0 Å². The second kappa shape index (κ2) is 12.8. The highest BCUT2D eigenvalue weighted by Crippen LogP contribution is 2.36. The third kappa shape index (κ3) is 6.59. The molecule has 0 unspecified atom stereocenters. The molecule has 44 heavy (non-hydrogen) atoms. The Kier molecular flexibility index (Phi) is 8.30. The first-order valence-electron chi connectivity index (χ1n) is 15.0. The number of hydrogen-bond acceptors (Lipinski definition) is 2. The van der Waals surface area contributed by atoms with Gasteiger partial charge in [0, 0.05) is 45.3 Å².